The molecule has 1 aliphatic rings. The topological polar surface area (TPSA) is 0 Å². The third-order valence-corrected chi connectivity index (χ3v) is 4.33. The lowest BCUT2D eigenvalue weighted by molar-refractivity contribution is 0.317. The van der Waals surface area contributed by atoms with Crippen molar-refractivity contribution < 1.29 is 0 Å². The lowest BCUT2D eigenvalue weighted by atomic mass is 9.81. The summed E-state index contributed by atoms with van der Waals surface area (Å²) in [5.41, 5.74) is 0. The average Bonchev–Trinajstić information content (AvgIpc) is 2.04. The summed E-state index contributed by atoms with van der Waals surface area (Å²) in [5.74, 6) is 2.67. The minimum Gasteiger partial charge on any atom is -0.0981 e. The molecule has 0 saturated carbocycles. The van der Waals surface area contributed by atoms with Gasteiger partial charge in [-0.15, -0.1) is 0 Å². The molecule has 0 heterocycles. The predicted molar refractivity (Wildman–Crippen MR) is 59.0 cm³/mol. The molecule has 12 heavy (non-hydrogen) atoms. The molecule has 1 aliphatic carbocycles. The van der Waals surface area contributed by atoms with Gasteiger partial charge in [-0.25, -0.2) is 0 Å². The van der Waals surface area contributed by atoms with E-state index in [-0.39, 0.29) is 0 Å². The highest BCUT2D eigenvalue weighted by molar-refractivity contribution is 7.42. The van der Waals surface area contributed by atoms with Gasteiger partial charge in [0.1, 0.15) is 0 Å². The lowest BCUT2D eigenvalue weighted by Crippen LogP contribution is -2.16. The van der Waals surface area contributed by atoms with Gasteiger partial charge in [0.15, 0.2) is 0 Å². The molecular formula is C11H21P. The van der Waals surface area contributed by atoms with Crippen LogP contribution in [-0.4, -0.2) is 6.66 Å². The maximum absolute atomic E-state index is 2.50. The van der Waals surface area contributed by atoms with Crippen LogP contribution in [0.15, 0.2) is 11.4 Å². The number of hydrogen-bond donors (Lipinski definition) is 0. The van der Waals surface area contributed by atoms with Crippen LogP contribution in [0.2, 0.25) is 0 Å². The Morgan fingerprint density at radius 1 is 1.50 bits per heavy atom. The van der Waals surface area contributed by atoms with Crippen LogP contribution in [-0.2, 0) is 0 Å². The van der Waals surface area contributed by atoms with Gasteiger partial charge in [-0.3, -0.25) is 0 Å². The molecule has 3 unspecified atom stereocenters. The third kappa shape index (κ3) is 2.33. The van der Waals surface area contributed by atoms with E-state index in [0.29, 0.717) is 0 Å². The minimum absolute atomic E-state index is 0.856. The largest absolute Gasteiger partial charge is 0.0981 e. The molecule has 0 saturated heterocycles. The summed E-state index contributed by atoms with van der Waals surface area (Å²) in [5, 5.41) is 1.71. The Kier molecular flexibility index (Phi) is 3.77. The predicted octanol–water partition coefficient (Wildman–Crippen LogP) is 3.88. The quantitative estimate of drug-likeness (QED) is 0.571. The zero-order valence-corrected chi connectivity index (χ0v) is 9.72. The van der Waals surface area contributed by atoms with E-state index in [9.17, 15) is 0 Å². The highest BCUT2D eigenvalue weighted by atomic mass is 31.1. The van der Waals surface area contributed by atoms with E-state index < -0.39 is 0 Å². The third-order valence-electron chi connectivity index (χ3n) is 3.06. The van der Waals surface area contributed by atoms with Crippen molar-refractivity contribution in [2.24, 2.45) is 17.8 Å². The van der Waals surface area contributed by atoms with E-state index in [4.69, 9.17) is 0 Å². The number of allylic oxidation sites excluding steroid dienone is 2. The molecule has 0 aromatic rings. The maximum Gasteiger partial charge on any atom is -0.0189 e. The molecule has 70 valence electrons. The summed E-state index contributed by atoms with van der Waals surface area (Å²) >= 11 is 0. The minimum atomic E-state index is 0.856. The van der Waals surface area contributed by atoms with Crippen molar-refractivity contribution in [1.29, 1.82) is 0 Å². The van der Waals surface area contributed by atoms with Crippen molar-refractivity contribution in [2.75, 3.05) is 6.66 Å². The van der Waals surface area contributed by atoms with Crippen molar-refractivity contribution in [3.63, 3.8) is 0 Å². The molecule has 1 rings (SSSR count). The molecular weight excluding hydrogens is 163 g/mol. The molecule has 3 atom stereocenters. The van der Waals surface area contributed by atoms with Crippen molar-refractivity contribution >= 4 is 8.58 Å². The maximum atomic E-state index is 2.50. The van der Waals surface area contributed by atoms with Crippen LogP contribution < -0.4 is 0 Å². The van der Waals surface area contributed by atoms with Crippen LogP contribution in [0.25, 0.3) is 0 Å². The van der Waals surface area contributed by atoms with Gasteiger partial charge in [-0.2, -0.15) is 0 Å². The second-order valence-corrected chi connectivity index (χ2v) is 5.36. The molecule has 0 fully saturated rings. The van der Waals surface area contributed by atoms with Gasteiger partial charge < -0.3 is 0 Å². The highest BCUT2D eigenvalue weighted by Gasteiger charge is 2.21. The van der Waals surface area contributed by atoms with E-state index in [1.54, 1.807) is 5.31 Å². The van der Waals surface area contributed by atoms with Crippen molar-refractivity contribution in [1.82, 2.24) is 0 Å². The normalized spacial score (nSPS) is 31.6. The summed E-state index contributed by atoms with van der Waals surface area (Å²) < 4.78 is 0. The van der Waals surface area contributed by atoms with Crippen molar-refractivity contribution in [3.8, 4) is 0 Å². The Morgan fingerprint density at radius 3 is 2.58 bits per heavy atom. The van der Waals surface area contributed by atoms with Gasteiger partial charge in [0.05, 0.1) is 0 Å². The SMILES string of the molecule is CPC1=CCC(C(C)C)CC1C. The molecule has 0 aromatic heterocycles. The molecule has 0 N–H and O–H groups in total. The van der Waals surface area contributed by atoms with E-state index in [2.05, 4.69) is 33.5 Å². The van der Waals surface area contributed by atoms with Gasteiger partial charge >= 0.3 is 0 Å². The average molecular weight is 184 g/mol. The van der Waals surface area contributed by atoms with Gasteiger partial charge in [0, 0.05) is 0 Å². The molecule has 0 nitrogen and oxygen atoms in total. The second-order valence-electron chi connectivity index (χ2n) is 4.29. The summed E-state index contributed by atoms with van der Waals surface area (Å²) in [4.78, 5) is 0. The molecule has 0 aliphatic heterocycles. The standard InChI is InChI=1S/C11H21P/c1-8(2)10-5-6-11(12-4)9(3)7-10/h6,8-10,12H,5,7H2,1-4H3. The lowest BCUT2D eigenvalue weighted by Gasteiger charge is -2.29. The van der Waals surface area contributed by atoms with E-state index in [0.717, 1.165) is 26.3 Å². The molecule has 1 heteroatoms. The molecule has 0 bridgehead atoms. The molecule has 0 spiro atoms. The van der Waals surface area contributed by atoms with Crippen molar-refractivity contribution in [3.05, 3.63) is 11.4 Å². The fourth-order valence-electron chi connectivity index (χ4n) is 2.05. The Bertz CT molecular complexity index is 170. The van der Waals surface area contributed by atoms with Crippen molar-refractivity contribution in [2.45, 2.75) is 33.6 Å². The van der Waals surface area contributed by atoms with Crippen LogP contribution >= 0.6 is 8.58 Å². The second kappa shape index (κ2) is 4.42. The first kappa shape index (κ1) is 10.3. The Hall–Kier alpha value is 0.170. The first-order valence-electron chi connectivity index (χ1n) is 5.03. The Morgan fingerprint density at radius 2 is 2.17 bits per heavy atom. The van der Waals surface area contributed by atoms with Crippen LogP contribution in [0, 0.1) is 17.8 Å². The molecule has 0 aromatic carbocycles. The van der Waals surface area contributed by atoms with Gasteiger partial charge in [0.2, 0.25) is 0 Å². The summed E-state index contributed by atoms with van der Waals surface area (Å²) in [6.07, 6.45) is 5.25. The highest BCUT2D eigenvalue weighted by Crippen LogP contribution is 2.39. The molecule has 0 radical (unpaired) electrons. The number of hydrogen-bond acceptors (Lipinski definition) is 0. The summed E-state index contributed by atoms with van der Waals surface area (Å²) in [6.45, 7) is 9.39. The number of rotatable bonds is 2. The van der Waals surface area contributed by atoms with E-state index >= 15 is 0 Å². The fourth-order valence-corrected chi connectivity index (χ4v) is 2.98. The Balaban J connectivity index is 2.57. The zero-order valence-electron chi connectivity index (χ0n) is 8.72. The van der Waals surface area contributed by atoms with Gasteiger partial charge in [-0.05, 0) is 37.3 Å². The summed E-state index contributed by atoms with van der Waals surface area (Å²) in [7, 11) is 1.03. The van der Waals surface area contributed by atoms with Crippen LogP contribution in [0.1, 0.15) is 33.6 Å². The Labute approximate surface area is 78.6 Å². The monoisotopic (exact) mass is 184 g/mol. The van der Waals surface area contributed by atoms with E-state index in [1.165, 1.54) is 12.8 Å². The fraction of sp³-hybridized carbons (Fsp3) is 0.818. The summed E-state index contributed by atoms with van der Waals surface area (Å²) in [6, 6.07) is 0. The van der Waals surface area contributed by atoms with Crippen LogP contribution in [0.3, 0.4) is 0 Å². The first-order valence-corrected chi connectivity index (χ1v) is 6.53. The zero-order chi connectivity index (χ0) is 9.14. The smallest absolute Gasteiger partial charge is 0.0189 e. The van der Waals surface area contributed by atoms with Gasteiger partial charge in [-0.1, -0.05) is 40.7 Å². The van der Waals surface area contributed by atoms with Gasteiger partial charge in [0.25, 0.3) is 0 Å². The molecule has 0 amide bonds. The van der Waals surface area contributed by atoms with Crippen LogP contribution in [0.5, 0.6) is 0 Å². The van der Waals surface area contributed by atoms with E-state index in [1.807, 2.05) is 0 Å². The first-order chi connectivity index (χ1) is 5.65. The van der Waals surface area contributed by atoms with Crippen LogP contribution in [0.4, 0.5) is 0 Å².